The molecular weight excluding hydrogens is 1700 g/mol. The van der Waals surface area contributed by atoms with E-state index >= 15 is 0 Å². The molecule has 14 rings (SSSR count). The van der Waals surface area contributed by atoms with Crippen molar-refractivity contribution in [2.45, 2.75) is 367 Å². The van der Waals surface area contributed by atoms with Crippen LogP contribution < -0.4 is 14.2 Å². The van der Waals surface area contributed by atoms with E-state index in [0.29, 0.717) is 82.3 Å². The highest BCUT2D eigenvalue weighted by Gasteiger charge is 2.44. The van der Waals surface area contributed by atoms with Gasteiger partial charge in [0.2, 0.25) is 5.24 Å². The zero-order valence-corrected chi connectivity index (χ0v) is 81.8. The zero-order chi connectivity index (χ0) is 90.4. The minimum Gasteiger partial charge on any atom is -0.507 e. The van der Waals surface area contributed by atoms with Gasteiger partial charge in [0.1, 0.15) is 34.5 Å². The lowest BCUT2D eigenvalue weighted by molar-refractivity contribution is -0.142. The summed E-state index contributed by atoms with van der Waals surface area (Å²) < 4.78 is 20.3. The van der Waals surface area contributed by atoms with Gasteiger partial charge in [-0.1, -0.05) is 238 Å². The number of ether oxygens (including phenoxy) is 3. The van der Waals surface area contributed by atoms with Crippen molar-refractivity contribution in [3.63, 3.8) is 0 Å². The fourth-order valence-corrected chi connectivity index (χ4v) is 29.3. The SMILES string of the molecule is CCC1CCC(C2CCC(C(=O)Cl)CC2)CC1.[C-]#[N+]/C(C#N)=C1/Sc2c(O)cc(C(C)(C)C)c(O)c2S1.[C-]#[N+]/C(C#N)=C1/Sc2c(OC(=O)C3CCC(C4CCC(CC)CC4)CC3)cc(C(C)(C)C)c(O)c2S1.[C-]#[N+]/C(C#N)=C1/Sc2c(OC(=O)C3CCC(C4CCC(CC)CC4)CC3)cc(C(C)(C)C)c(OC(=O)C3CCC(C4CCC(CC)CC4)CC3)c2S1. The number of halogens is 1. The average molecular weight is 1830 g/mol. The molecule has 0 aromatic heterocycles. The molecule has 8 aliphatic carbocycles. The van der Waals surface area contributed by atoms with Gasteiger partial charge in [-0.05, 0) is 271 Å². The molecule has 3 aliphatic heterocycles. The Kier molecular flexibility index (Phi) is 35.7. The maximum absolute atomic E-state index is 13.9. The van der Waals surface area contributed by atoms with Crippen molar-refractivity contribution in [1.29, 1.82) is 15.8 Å². The van der Waals surface area contributed by atoms with Gasteiger partial charge in [-0.25, -0.2) is 30.3 Å². The number of allylic oxidation sites excluding steroid dienone is 3. The molecule has 674 valence electrons. The molecule has 3 N–H and O–H groups in total. The summed E-state index contributed by atoms with van der Waals surface area (Å²) in [6.07, 6.45) is 43.3. The van der Waals surface area contributed by atoms with E-state index in [1.807, 2.05) is 65.8 Å². The smallest absolute Gasteiger partial charge is 0.314 e. The molecule has 0 atom stereocenters. The van der Waals surface area contributed by atoms with E-state index in [1.165, 1.54) is 188 Å². The Balaban J connectivity index is 0.000000178. The summed E-state index contributed by atoms with van der Waals surface area (Å²) in [5, 5.41) is 59.5. The van der Waals surface area contributed by atoms with Gasteiger partial charge in [-0.2, -0.15) is 0 Å². The maximum atomic E-state index is 13.9. The van der Waals surface area contributed by atoms with Crippen LogP contribution in [0.1, 0.15) is 338 Å². The van der Waals surface area contributed by atoms with Crippen molar-refractivity contribution in [1.82, 2.24) is 0 Å². The number of hydrogen-bond donors (Lipinski definition) is 3. The number of carbonyl (C=O) groups excluding carboxylic acids is 4. The predicted octanol–water partition coefficient (Wildman–Crippen LogP) is 30.1. The largest absolute Gasteiger partial charge is 0.507 e. The second kappa shape index (κ2) is 45.0. The van der Waals surface area contributed by atoms with Crippen LogP contribution in [0.25, 0.3) is 14.5 Å². The lowest BCUT2D eigenvalue weighted by Crippen LogP contribution is -2.31. The summed E-state index contributed by atoms with van der Waals surface area (Å²) >= 11 is 12.9. The molecule has 23 heteroatoms. The van der Waals surface area contributed by atoms with Crippen molar-refractivity contribution in [2.75, 3.05) is 0 Å². The second-order valence-corrected chi connectivity index (χ2v) is 47.8. The van der Waals surface area contributed by atoms with E-state index in [0.717, 1.165) is 178 Å². The molecule has 125 heavy (non-hydrogen) atoms. The fourth-order valence-electron chi connectivity index (χ4n) is 21.7. The molecule has 3 aromatic carbocycles. The van der Waals surface area contributed by atoms with Crippen molar-refractivity contribution in [3.8, 4) is 52.7 Å². The maximum Gasteiger partial charge on any atom is 0.314 e. The Morgan fingerprint density at radius 2 is 0.600 bits per heavy atom. The van der Waals surface area contributed by atoms with E-state index in [4.69, 9.17) is 50.8 Å². The van der Waals surface area contributed by atoms with Crippen molar-refractivity contribution in [2.24, 2.45) is 94.7 Å². The molecule has 11 aliphatic rings. The van der Waals surface area contributed by atoms with Gasteiger partial charge in [-0.3, -0.25) is 19.2 Å². The minimum atomic E-state index is -0.425. The Bertz CT molecular complexity index is 4690. The first-order chi connectivity index (χ1) is 59.7. The first-order valence-electron chi connectivity index (χ1n) is 46.9. The molecule has 8 saturated carbocycles. The highest BCUT2D eigenvalue weighted by atomic mass is 35.5. The number of fused-ring (bicyclic) bond motifs is 3. The first kappa shape index (κ1) is 99.3. The van der Waals surface area contributed by atoms with Gasteiger partial charge in [0, 0.05) is 22.6 Å². The second-order valence-electron chi connectivity index (χ2n) is 40.5. The van der Waals surface area contributed by atoms with Gasteiger partial charge in [0.15, 0.2) is 0 Å². The molecular formula is C102H133ClN6O10S6. The number of hydrogen-bond acceptors (Lipinski definition) is 19. The molecule has 0 saturated heterocycles. The third-order valence-corrected chi connectivity index (χ3v) is 38.0. The molecule has 0 bridgehead atoms. The zero-order valence-electron chi connectivity index (χ0n) is 76.1. The van der Waals surface area contributed by atoms with Crippen LogP contribution >= 0.6 is 82.2 Å². The van der Waals surface area contributed by atoms with Gasteiger partial charge in [0.25, 0.3) is 17.1 Å². The van der Waals surface area contributed by atoms with Crippen LogP contribution in [-0.2, 0) is 35.4 Å². The summed E-state index contributed by atoms with van der Waals surface area (Å²) in [4.78, 5) is 65.7. The number of nitrogens with zero attached hydrogens (tertiary/aromatic N) is 6. The topological polar surface area (TPSA) is 241 Å². The molecule has 0 spiro atoms. The average Bonchev–Trinajstić information content (AvgIpc) is 1.67. The predicted molar refractivity (Wildman–Crippen MR) is 506 cm³/mol. The molecule has 0 unspecified atom stereocenters. The van der Waals surface area contributed by atoms with Crippen LogP contribution in [0.2, 0.25) is 0 Å². The van der Waals surface area contributed by atoms with Gasteiger partial charge < -0.3 is 29.5 Å². The Morgan fingerprint density at radius 1 is 0.360 bits per heavy atom. The summed E-state index contributed by atoms with van der Waals surface area (Å²) in [5.41, 5.74) is 0.980. The van der Waals surface area contributed by atoms with E-state index in [9.17, 15) is 45.0 Å². The number of nitriles is 3. The molecule has 3 heterocycles. The van der Waals surface area contributed by atoms with Crippen molar-refractivity contribution >= 4 is 105 Å². The van der Waals surface area contributed by atoms with Gasteiger partial charge in [0.05, 0.1) is 97.8 Å². The number of phenols is 3. The molecule has 16 nitrogen and oxygen atoms in total. The number of aromatic hydroxyl groups is 3. The minimum absolute atomic E-state index is 0.00403. The molecule has 0 radical (unpaired) electrons. The third kappa shape index (κ3) is 24.9. The summed E-state index contributed by atoms with van der Waals surface area (Å²) in [7, 11) is 0. The van der Waals surface area contributed by atoms with E-state index in [-0.39, 0.29) is 92.0 Å². The van der Waals surface area contributed by atoms with Crippen LogP contribution in [0.4, 0.5) is 0 Å². The number of benzene rings is 3. The van der Waals surface area contributed by atoms with E-state index in [1.54, 1.807) is 12.1 Å². The van der Waals surface area contributed by atoms with Crippen molar-refractivity contribution in [3.05, 3.63) is 98.9 Å². The normalized spacial score (nSPS) is 29.1. The standard InChI is InChI=1S/C44H60N2O4S2.C29H36N2O3S2.C15H25ClO.C14H12N2O2S2/c1-7-27-9-13-29(14-10-27)31-17-21-33(22-18-31)41(47)49-37-25-35(44(3,4)5)38(40-39(37)51-43(52-40)36(26-45)46-6)50-42(48)34-23-19-32(20-24-34)30-15-11-28(8-2)12-16-30;1-6-17-7-9-18(10-8-17)19-11-13-20(14-12-19)27(33)34-23-15-21(29(2,3)4)24(32)26-25(23)35-28(36-26)22(16-30)31-5;1-2-11-3-5-12(6-4-11)13-7-9-14(10-8-13)15(16)17;1-14(2,3)7-5-9(17)11-12(10(7)18)20-13(19-11)8(6-15)16-4/h25,27-34H,7-24H2,1-5H3;15,17-20,32H,6-14H2,1-4H3;11-14H,2-10H2,1H3;5,17-18H,1-3H3/b43-36-;28-22-;;13-8-. The van der Waals surface area contributed by atoms with Crippen LogP contribution in [0.3, 0.4) is 0 Å². The third-order valence-electron chi connectivity index (χ3n) is 29.9. The monoisotopic (exact) mass is 1830 g/mol. The number of carbonyl (C=O) groups is 4. The van der Waals surface area contributed by atoms with Crippen molar-refractivity contribution < 1.29 is 48.7 Å². The molecule has 8 fully saturated rings. The van der Waals surface area contributed by atoms with Crippen LogP contribution in [0.5, 0.6) is 34.5 Å². The highest BCUT2D eigenvalue weighted by Crippen LogP contribution is 2.65. The Labute approximate surface area is 776 Å². The highest BCUT2D eigenvalue weighted by molar-refractivity contribution is 8.25. The summed E-state index contributed by atoms with van der Waals surface area (Å²) in [5.74, 6) is 10.9. The van der Waals surface area contributed by atoms with Crippen LogP contribution in [0.15, 0.2) is 77.4 Å². The molecule has 0 amide bonds. The van der Waals surface area contributed by atoms with Crippen LogP contribution in [0, 0.1) is 148 Å². The summed E-state index contributed by atoms with van der Waals surface area (Å²) in [6, 6.07) is 11.0. The lowest BCUT2D eigenvalue weighted by Gasteiger charge is -2.37. The fraction of sp³-hybridized carbons (Fsp3) is 0.667. The van der Waals surface area contributed by atoms with E-state index < -0.39 is 5.41 Å². The van der Waals surface area contributed by atoms with Gasteiger partial charge >= 0.3 is 17.9 Å². The Hall–Kier alpha value is -6.31. The number of phenolic OH excluding ortho intramolecular Hbond substituents is 3. The lowest BCUT2D eigenvalue weighted by atomic mass is 9.69. The number of rotatable bonds is 15. The quantitative estimate of drug-likeness (QED) is 0.0320. The summed E-state index contributed by atoms with van der Waals surface area (Å²) in [6.45, 7) is 49.2. The number of esters is 3. The van der Waals surface area contributed by atoms with Crippen LogP contribution in [-0.4, -0.2) is 38.5 Å². The van der Waals surface area contributed by atoms with E-state index in [2.05, 4.69) is 63.0 Å². The first-order valence-corrected chi connectivity index (χ1v) is 52.1. The Morgan fingerprint density at radius 3 is 0.880 bits per heavy atom. The molecule has 3 aromatic rings. The number of thioether (sulfide) groups is 6. The van der Waals surface area contributed by atoms with Gasteiger partial charge in [-0.15, -0.1) is 0 Å².